The van der Waals surface area contributed by atoms with Crippen LogP contribution in [0.5, 0.6) is 5.75 Å². The fraction of sp³-hybridized carbons (Fsp3) is 0.222. The molecule has 116 valence electrons. The Kier molecular flexibility index (Phi) is 3.83. The first-order valence-electron chi connectivity index (χ1n) is 7.48. The van der Waals surface area contributed by atoms with Crippen molar-refractivity contribution in [2.45, 2.75) is 23.6 Å². The van der Waals surface area contributed by atoms with Gasteiger partial charge >= 0.3 is 5.97 Å². The fourth-order valence-electron chi connectivity index (χ4n) is 2.78. The number of esters is 1. The zero-order chi connectivity index (χ0) is 15.8. The van der Waals surface area contributed by atoms with Crippen LogP contribution in [0.25, 0.3) is 10.2 Å². The summed E-state index contributed by atoms with van der Waals surface area (Å²) in [5.41, 5.74) is 3.28. The van der Waals surface area contributed by atoms with Gasteiger partial charge in [0.25, 0.3) is 0 Å². The molecule has 0 amide bonds. The standard InChI is InChI=1S/C18H15NO2S2/c1-11-6-7-13-12(9-17(20)21-15(13)8-11)10-22-18-19-14-4-2-3-5-16(14)23-18/h2-8,12H,9-10H2,1H3. The summed E-state index contributed by atoms with van der Waals surface area (Å²) in [7, 11) is 0. The first-order chi connectivity index (χ1) is 11.2. The monoisotopic (exact) mass is 341 g/mol. The second-order valence-corrected chi connectivity index (χ2v) is 7.97. The van der Waals surface area contributed by atoms with E-state index in [0.29, 0.717) is 6.42 Å². The summed E-state index contributed by atoms with van der Waals surface area (Å²) in [5.74, 6) is 1.60. The molecular weight excluding hydrogens is 326 g/mol. The van der Waals surface area contributed by atoms with Crippen molar-refractivity contribution in [3.63, 3.8) is 0 Å². The lowest BCUT2D eigenvalue weighted by molar-refractivity contribution is -0.135. The van der Waals surface area contributed by atoms with Crippen molar-refractivity contribution in [3.8, 4) is 5.75 Å². The Morgan fingerprint density at radius 2 is 2.17 bits per heavy atom. The molecule has 2 aromatic carbocycles. The SMILES string of the molecule is Cc1ccc2c(c1)OC(=O)CC2CSc1nc2ccccc2s1. The number of hydrogen-bond donors (Lipinski definition) is 0. The number of thiazole rings is 1. The molecule has 0 N–H and O–H groups in total. The van der Waals surface area contributed by atoms with Gasteiger partial charge in [0.15, 0.2) is 4.34 Å². The van der Waals surface area contributed by atoms with Crippen LogP contribution in [-0.2, 0) is 4.79 Å². The van der Waals surface area contributed by atoms with Gasteiger partial charge < -0.3 is 4.74 Å². The summed E-state index contributed by atoms with van der Waals surface area (Å²) in [6, 6.07) is 14.3. The van der Waals surface area contributed by atoms with Gasteiger partial charge in [0.1, 0.15) is 5.75 Å². The normalized spacial score (nSPS) is 17.1. The molecule has 5 heteroatoms. The number of rotatable bonds is 3. The van der Waals surface area contributed by atoms with Gasteiger partial charge in [-0.2, -0.15) is 0 Å². The van der Waals surface area contributed by atoms with E-state index < -0.39 is 0 Å². The first-order valence-corrected chi connectivity index (χ1v) is 9.29. The number of para-hydroxylation sites is 1. The van der Waals surface area contributed by atoms with Gasteiger partial charge in [-0.3, -0.25) is 4.79 Å². The third kappa shape index (κ3) is 2.99. The summed E-state index contributed by atoms with van der Waals surface area (Å²) in [6.45, 7) is 2.01. The molecule has 0 fully saturated rings. The van der Waals surface area contributed by atoms with Gasteiger partial charge in [-0.05, 0) is 36.2 Å². The second-order valence-electron chi connectivity index (χ2n) is 5.67. The molecule has 23 heavy (non-hydrogen) atoms. The molecule has 1 atom stereocenters. The van der Waals surface area contributed by atoms with Crippen molar-refractivity contribution in [2.75, 3.05) is 5.75 Å². The van der Waals surface area contributed by atoms with Crippen LogP contribution >= 0.6 is 23.1 Å². The van der Waals surface area contributed by atoms with Gasteiger partial charge in [-0.15, -0.1) is 11.3 Å². The highest BCUT2D eigenvalue weighted by molar-refractivity contribution is 8.01. The van der Waals surface area contributed by atoms with E-state index in [2.05, 4.69) is 23.2 Å². The molecule has 2 heterocycles. The lowest BCUT2D eigenvalue weighted by Crippen LogP contribution is -2.21. The maximum atomic E-state index is 11.9. The second kappa shape index (κ2) is 5.98. The van der Waals surface area contributed by atoms with E-state index >= 15 is 0 Å². The molecule has 3 aromatic rings. The van der Waals surface area contributed by atoms with Crippen LogP contribution in [0.2, 0.25) is 0 Å². The van der Waals surface area contributed by atoms with E-state index in [-0.39, 0.29) is 11.9 Å². The predicted octanol–water partition coefficient (Wildman–Crippen LogP) is 4.79. The molecule has 0 aliphatic carbocycles. The lowest BCUT2D eigenvalue weighted by atomic mass is 9.94. The highest BCUT2D eigenvalue weighted by atomic mass is 32.2. The highest BCUT2D eigenvalue weighted by Crippen LogP contribution is 2.39. The number of hydrogen-bond acceptors (Lipinski definition) is 5. The number of thioether (sulfide) groups is 1. The minimum absolute atomic E-state index is 0.141. The lowest BCUT2D eigenvalue weighted by Gasteiger charge is -2.24. The van der Waals surface area contributed by atoms with Crippen molar-refractivity contribution in [2.24, 2.45) is 0 Å². The minimum atomic E-state index is -0.141. The predicted molar refractivity (Wildman–Crippen MR) is 94.5 cm³/mol. The Labute approximate surface area is 142 Å². The van der Waals surface area contributed by atoms with Crippen LogP contribution in [0.15, 0.2) is 46.8 Å². The summed E-state index contributed by atoms with van der Waals surface area (Å²) in [6.07, 6.45) is 0.438. The maximum absolute atomic E-state index is 11.9. The van der Waals surface area contributed by atoms with E-state index in [1.165, 1.54) is 4.70 Å². The number of carbonyl (C=O) groups is 1. The summed E-state index contributed by atoms with van der Waals surface area (Å²) >= 11 is 3.43. The minimum Gasteiger partial charge on any atom is -0.426 e. The largest absolute Gasteiger partial charge is 0.426 e. The van der Waals surface area contributed by atoms with Crippen LogP contribution in [0.1, 0.15) is 23.5 Å². The first kappa shape index (κ1) is 14.7. The maximum Gasteiger partial charge on any atom is 0.311 e. The molecule has 0 radical (unpaired) electrons. The van der Waals surface area contributed by atoms with Crippen LogP contribution in [-0.4, -0.2) is 16.7 Å². The van der Waals surface area contributed by atoms with Crippen LogP contribution in [0.3, 0.4) is 0 Å². The molecule has 4 rings (SSSR count). The Morgan fingerprint density at radius 3 is 3.04 bits per heavy atom. The quantitative estimate of drug-likeness (QED) is 0.390. The van der Waals surface area contributed by atoms with Crippen LogP contribution in [0, 0.1) is 6.92 Å². The Balaban J connectivity index is 1.56. The van der Waals surface area contributed by atoms with Crippen molar-refractivity contribution in [1.29, 1.82) is 0 Å². The Morgan fingerprint density at radius 1 is 1.30 bits per heavy atom. The van der Waals surface area contributed by atoms with Crippen molar-refractivity contribution < 1.29 is 9.53 Å². The number of benzene rings is 2. The van der Waals surface area contributed by atoms with Crippen LogP contribution < -0.4 is 4.74 Å². The van der Waals surface area contributed by atoms with E-state index in [9.17, 15) is 4.79 Å². The summed E-state index contributed by atoms with van der Waals surface area (Å²) < 4.78 is 7.64. The van der Waals surface area contributed by atoms with E-state index in [1.54, 1.807) is 23.1 Å². The molecule has 0 spiro atoms. The number of nitrogens with zero attached hydrogens (tertiary/aromatic N) is 1. The molecule has 0 saturated carbocycles. The number of aryl methyl sites for hydroxylation is 1. The topological polar surface area (TPSA) is 39.2 Å². The molecule has 0 saturated heterocycles. The zero-order valence-corrected chi connectivity index (χ0v) is 14.2. The molecule has 1 aliphatic heterocycles. The number of fused-ring (bicyclic) bond motifs is 2. The van der Waals surface area contributed by atoms with Crippen molar-refractivity contribution in [3.05, 3.63) is 53.6 Å². The highest BCUT2D eigenvalue weighted by Gasteiger charge is 2.27. The van der Waals surface area contributed by atoms with Gasteiger partial charge in [0.2, 0.25) is 0 Å². The molecule has 1 aromatic heterocycles. The van der Waals surface area contributed by atoms with E-state index in [1.807, 2.05) is 31.2 Å². The number of ether oxygens (including phenoxy) is 1. The molecular formula is C18H15NO2S2. The van der Waals surface area contributed by atoms with E-state index in [0.717, 1.165) is 32.5 Å². The van der Waals surface area contributed by atoms with Gasteiger partial charge in [0, 0.05) is 11.7 Å². The van der Waals surface area contributed by atoms with Crippen LogP contribution in [0.4, 0.5) is 0 Å². The molecule has 1 aliphatic rings. The smallest absolute Gasteiger partial charge is 0.311 e. The third-order valence-corrected chi connectivity index (χ3v) is 6.27. The zero-order valence-electron chi connectivity index (χ0n) is 12.6. The molecule has 1 unspecified atom stereocenters. The van der Waals surface area contributed by atoms with Gasteiger partial charge in [-0.25, -0.2) is 4.98 Å². The number of aromatic nitrogens is 1. The average molecular weight is 341 g/mol. The van der Waals surface area contributed by atoms with Gasteiger partial charge in [-0.1, -0.05) is 36.0 Å². The Bertz CT molecular complexity index is 855. The number of carbonyl (C=O) groups excluding carboxylic acids is 1. The summed E-state index contributed by atoms with van der Waals surface area (Å²) in [4.78, 5) is 16.5. The Hall–Kier alpha value is -1.85. The van der Waals surface area contributed by atoms with E-state index in [4.69, 9.17) is 4.74 Å². The third-order valence-electron chi connectivity index (χ3n) is 3.93. The molecule has 3 nitrogen and oxygen atoms in total. The molecule has 0 bridgehead atoms. The average Bonchev–Trinajstić information content (AvgIpc) is 2.94. The fourth-order valence-corrected chi connectivity index (χ4v) is 4.99. The van der Waals surface area contributed by atoms with Crippen molar-refractivity contribution in [1.82, 2.24) is 4.98 Å². The van der Waals surface area contributed by atoms with Crippen molar-refractivity contribution >= 4 is 39.3 Å². The van der Waals surface area contributed by atoms with Gasteiger partial charge in [0.05, 0.1) is 16.6 Å². The summed E-state index contributed by atoms with van der Waals surface area (Å²) in [5, 5.41) is 0.